The van der Waals surface area contributed by atoms with Gasteiger partial charge in [0, 0.05) is 11.7 Å². The molecule has 1 saturated carbocycles. The minimum absolute atomic E-state index is 0.0524. The van der Waals surface area contributed by atoms with Crippen LogP contribution >= 0.6 is 11.6 Å². The Bertz CT molecular complexity index is 847. The molecule has 4 N–H and O–H groups in total. The molecule has 5 nitrogen and oxygen atoms in total. The summed E-state index contributed by atoms with van der Waals surface area (Å²) < 4.78 is 13.5. The van der Waals surface area contributed by atoms with Crippen molar-refractivity contribution in [3.63, 3.8) is 0 Å². The number of hydrogen-bond donors (Lipinski definition) is 3. The zero-order valence-electron chi connectivity index (χ0n) is 15.3. The van der Waals surface area contributed by atoms with Gasteiger partial charge in [-0.3, -0.25) is 9.59 Å². The van der Waals surface area contributed by atoms with Gasteiger partial charge in [-0.25, -0.2) is 4.39 Å². The lowest BCUT2D eigenvalue weighted by atomic mass is 9.75. The Hall–Kier alpha value is -2.44. The van der Waals surface area contributed by atoms with E-state index in [-0.39, 0.29) is 22.7 Å². The summed E-state index contributed by atoms with van der Waals surface area (Å²) in [4.78, 5) is 24.5. The highest BCUT2D eigenvalue weighted by Crippen LogP contribution is 2.36. The number of halogens is 2. The van der Waals surface area contributed by atoms with E-state index in [9.17, 15) is 14.0 Å². The first-order valence-corrected chi connectivity index (χ1v) is 9.67. The van der Waals surface area contributed by atoms with Crippen LogP contribution in [0.4, 0.5) is 10.1 Å². The smallest absolute Gasteiger partial charge is 0.313 e. The second-order valence-corrected chi connectivity index (χ2v) is 7.49. The van der Waals surface area contributed by atoms with E-state index < -0.39 is 17.6 Å². The van der Waals surface area contributed by atoms with E-state index >= 15 is 0 Å². The molecule has 3 unspecified atom stereocenters. The molecule has 0 heterocycles. The Morgan fingerprint density at radius 2 is 1.86 bits per heavy atom. The van der Waals surface area contributed by atoms with Crippen molar-refractivity contribution in [2.24, 2.45) is 11.7 Å². The zero-order chi connectivity index (χ0) is 20.1. The molecule has 0 spiro atoms. The first-order chi connectivity index (χ1) is 13.5. The Balaban J connectivity index is 1.58. The van der Waals surface area contributed by atoms with Gasteiger partial charge in [0.1, 0.15) is 5.82 Å². The fourth-order valence-electron chi connectivity index (χ4n) is 3.74. The summed E-state index contributed by atoms with van der Waals surface area (Å²) in [5.74, 6) is -1.78. The SMILES string of the molecule is NCC1CC(c2ccccc2)CCC1NC(=O)C(=O)Nc1ccc(Cl)c(F)c1. The standard InChI is InChI=1S/C21H23ClFN3O2/c22-17-8-7-16(11-18(17)23)25-20(27)21(28)26-19-9-6-14(10-15(19)12-24)13-4-2-1-3-5-13/h1-5,7-8,11,14-15,19H,6,9-10,12,24H2,(H,25,27)(H,26,28). The zero-order valence-corrected chi connectivity index (χ0v) is 16.1. The van der Waals surface area contributed by atoms with E-state index in [1.54, 1.807) is 0 Å². The molecule has 2 aromatic carbocycles. The summed E-state index contributed by atoms with van der Waals surface area (Å²) >= 11 is 5.62. The van der Waals surface area contributed by atoms with Crippen molar-refractivity contribution in [1.29, 1.82) is 0 Å². The highest BCUT2D eigenvalue weighted by atomic mass is 35.5. The van der Waals surface area contributed by atoms with Gasteiger partial charge in [-0.15, -0.1) is 0 Å². The van der Waals surface area contributed by atoms with Gasteiger partial charge in [-0.2, -0.15) is 0 Å². The minimum Gasteiger partial charge on any atom is -0.345 e. The number of anilines is 1. The van der Waals surface area contributed by atoms with Crippen molar-refractivity contribution in [3.05, 3.63) is 64.9 Å². The average molecular weight is 404 g/mol. The second kappa shape index (κ2) is 9.17. The van der Waals surface area contributed by atoms with Crippen LogP contribution in [0.5, 0.6) is 0 Å². The van der Waals surface area contributed by atoms with Gasteiger partial charge in [0.05, 0.1) is 5.02 Å². The fraction of sp³-hybridized carbons (Fsp3) is 0.333. The Morgan fingerprint density at radius 1 is 1.11 bits per heavy atom. The van der Waals surface area contributed by atoms with Crippen LogP contribution in [0.3, 0.4) is 0 Å². The van der Waals surface area contributed by atoms with Crippen LogP contribution in [0, 0.1) is 11.7 Å². The number of nitrogens with two attached hydrogens (primary N) is 1. The number of amides is 2. The number of carbonyl (C=O) groups excluding carboxylic acids is 2. The van der Waals surface area contributed by atoms with Gasteiger partial charge in [-0.05, 0) is 61.4 Å². The summed E-state index contributed by atoms with van der Waals surface area (Å²) in [6, 6.07) is 13.9. The molecule has 1 fully saturated rings. The molecule has 1 aliphatic rings. The molecule has 28 heavy (non-hydrogen) atoms. The summed E-state index contributed by atoms with van der Waals surface area (Å²) in [5, 5.41) is 5.12. The fourth-order valence-corrected chi connectivity index (χ4v) is 3.86. The third kappa shape index (κ3) is 4.88. The molecular weight excluding hydrogens is 381 g/mol. The van der Waals surface area contributed by atoms with Crippen LogP contribution < -0.4 is 16.4 Å². The van der Waals surface area contributed by atoms with Gasteiger partial charge in [0.15, 0.2) is 0 Å². The Kier molecular flexibility index (Phi) is 6.65. The predicted octanol–water partition coefficient (Wildman–Crippen LogP) is 3.45. The largest absolute Gasteiger partial charge is 0.345 e. The molecule has 2 amide bonds. The third-order valence-electron chi connectivity index (χ3n) is 5.26. The number of carbonyl (C=O) groups is 2. The number of rotatable bonds is 4. The second-order valence-electron chi connectivity index (χ2n) is 7.08. The maximum absolute atomic E-state index is 13.5. The minimum atomic E-state index is -0.845. The van der Waals surface area contributed by atoms with Crippen LogP contribution in [-0.2, 0) is 9.59 Å². The molecule has 0 saturated heterocycles. The van der Waals surface area contributed by atoms with Crippen LogP contribution in [0.15, 0.2) is 48.5 Å². The van der Waals surface area contributed by atoms with Gasteiger partial charge in [0.2, 0.25) is 0 Å². The average Bonchev–Trinajstić information content (AvgIpc) is 2.71. The molecule has 0 aliphatic heterocycles. The van der Waals surface area contributed by atoms with E-state index in [1.807, 2.05) is 18.2 Å². The van der Waals surface area contributed by atoms with Crippen molar-refractivity contribution in [3.8, 4) is 0 Å². The summed E-state index contributed by atoms with van der Waals surface area (Å²) in [7, 11) is 0. The molecule has 0 aromatic heterocycles. The molecule has 0 bridgehead atoms. The summed E-state index contributed by atoms with van der Waals surface area (Å²) in [5.41, 5.74) is 7.38. The molecule has 0 radical (unpaired) electrons. The van der Waals surface area contributed by atoms with Gasteiger partial charge >= 0.3 is 11.8 Å². The first-order valence-electron chi connectivity index (χ1n) is 9.30. The van der Waals surface area contributed by atoms with Crippen molar-refractivity contribution in [2.75, 3.05) is 11.9 Å². The number of benzene rings is 2. The van der Waals surface area contributed by atoms with E-state index in [1.165, 1.54) is 17.7 Å². The Morgan fingerprint density at radius 3 is 2.54 bits per heavy atom. The van der Waals surface area contributed by atoms with Gasteiger partial charge in [0.25, 0.3) is 0 Å². The van der Waals surface area contributed by atoms with Crippen LogP contribution in [0.1, 0.15) is 30.7 Å². The lowest BCUT2D eigenvalue weighted by Gasteiger charge is -2.36. The first kappa shape index (κ1) is 20.3. The predicted molar refractivity (Wildman–Crippen MR) is 108 cm³/mol. The van der Waals surface area contributed by atoms with E-state index in [4.69, 9.17) is 17.3 Å². The molecule has 2 aromatic rings. The topological polar surface area (TPSA) is 84.2 Å². The highest BCUT2D eigenvalue weighted by Gasteiger charge is 2.32. The quantitative estimate of drug-likeness (QED) is 0.683. The lowest BCUT2D eigenvalue weighted by Crippen LogP contribution is -2.49. The molecule has 7 heteroatoms. The van der Waals surface area contributed by atoms with Crippen LogP contribution in [0.2, 0.25) is 5.02 Å². The molecule has 3 rings (SSSR count). The molecule has 1 aliphatic carbocycles. The normalized spacial score (nSPS) is 21.8. The van der Waals surface area contributed by atoms with Crippen molar-refractivity contribution in [1.82, 2.24) is 5.32 Å². The third-order valence-corrected chi connectivity index (χ3v) is 5.56. The number of hydrogen-bond acceptors (Lipinski definition) is 3. The van der Waals surface area contributed by atoms with E-state index in [0.717, 1.165) is 25.3 Å². The van der Waals surface area contributed by atoms with Crippen LogP contribution in [0.25, 0.3) is 0 Å². The number of nitrogens with one attached hydrogen (secondary N) is 2. The summed E-state index contributed by atoms with van der Waals surface area (Å²) in [6.45, 7) is 0.429. The van der Waals surface area contributed by atoms with Gasteiger partial charge < -0.3 is 16.4 Å². The maximum atomic E-state index is 13.5. The van der Waals surface area contributed by atoms with E-state index in [0.29, 0.717) is 12.5 Å². The molecule has 148 valence electrons. The lowest BCUT2D eigenvalue weighted by molar-refractivity contribution is -0.137. The monoisotopic (exact) mass is 403 g/mol. The Labute approximate surface area is 168 Å². The van der Waals surface area contributed by atoms with Crippen LogP contribution in [-0.4, -0.2) is 24.4 Å². The summed E-state index contributed by atoms with van der Waals surface area (Å²) in [6.07, 6.45) is 2.51. The highest BCUT2D eigenvalue weighted by molar-refractivity contribution is 6.39. The molecular formula is C21H23ClFN3O2. The van der Waals surface area contributed by atoms with Crippen molar-refractivity contribution >= 4 is 29.1 Å². The van der Waals surface area contributed by atoms with Crippen molar-refractivity contribution < 1.29 is 14.0 Å². The maximum Gasteiger partial charge on any atom is 0.313 e. The molecule has 3 atom stereocenters. The van der Waals surface area contributed by atoms with E-state index in [2.05, 4.69) is 22.8 Å². The van der Waals surface area contributed by atoms with Crippen molar-refractivity contribution in [2.45, 2.75) is 31.2 Å². The van der Waals surface area contributed by atoms with Gasteiger partial charge in [-0.1, -0.05) is 41.9 Å².